The molecule has 0 unspecified atom stereocenters. The summed E-state index contributed by atoms with van der Waals surface area (Å²) in [7, 11) is 2.48. The van der Waals surface area contributed by atoms with Crippen LogP contribution in [0.5, 0.6) is 0 Å². The van der Waals surface area contributed by atoms with Crippen molar-refractivity contribution in [1.82, 2.24) is 0 Å². The molecule has 2 rings (SSSR count). The first-order valence-electron chi connectivity index (χ1n) is 8.38. The minimum Gasteiger partial charge on any atom is -0.469 e. The van der Waals surface area contributed by atoms with Gasteiger partial charge in [0, 0.05) is 0 Å². The summed E-state index contributed by atoms with van der Waals surface area (Å²) in [6.07, 6.45) is 0.200. The average Bonchev–Trinajstić information content (AvgIpc) is 2.91. The van der Waals surface area contributed by atoms with Crippen LogP contribution in [0.1, 0.15) is 26.7 Å². The van der Waals surface area contributed by atoms with Gasteiger partial charge in [-0.25, -0.2) is 0 Å². The van der Waals surface area contributed by atoms with Crippen molar-refractivity contribution in [2.45, 2.75) is 26.7 Å². The predicted octanol–water partition coefficient (Wildman–Crippen LogP) is 0.717. The van der Waals surface area contributed by atoms with Crippen molar-refractivity contribution in [3.05, 3.63) is 0 Å². The Kier molecular flexibility index (Phi) is 5.69. The van der Waals surface area contributed by atoms with Crippen LogP contribution in [0.15, 0.2) is 0 Å². The third-order valence-electron chi connectivity index (χ3n) is 5.31. The van der Waals surface area contributed by atoms with Crippen molar-refractivity contribution < 1.29 is 38.1 Å². The normalized spacial score (nSPS) is 29.0. The van der Waals surface area contributed by atoms with E-state index in [9.17, 15) is 19.2 Å². The molecule has 2 saturated carbocycles. The summed E-state index contributed by atoms with van der Waals surface area (Å²) in [5.74, 6) is -4.54. The van der Waals surface area contributed by atoms with Crippen LogP contribution in [0.3, 0.4) is 0 Å². The summed E-state index contributed by atoms with van der Waals surface area (Å²) in [5, 5.41) is 0. The van der Waals surface area contributed by atoms with Crippen LogP contribution < -0.4 is 0 Å². The first-order valence-corrected chi connectivity index (χ1v) is 8.38. The van der Waals surface area contributed by atoms with Gasteiger partial charge in [-0.15, -0.1) is 0 Å². The van der Waals surface area contributed by atoms with Crippen LogP contribution >= 0.6 is 0 Å². The molecule has 2 aliphatic rings. The van der Waals surface area contributed by atoms with E-state index in [4.69, 9.17) is 18.9 Å². The number of carbonyl (C=O) groups excluding carboxylic acids is 4. The maximum atomic E-state index is 12.5. The van der Waals surface area contributed by atoms with Crippen molar-refractivity contribution in [2.24, 2.45) is 29.1 Å². The predicted molar refractivity (Wildman–Crippen MR) is 82.9 cm³/mol. The first-order chi connectivity index (χ1) is 11.9. The molecule has 0 aromatic carbocycles. The third-order valence-corrected chi connectivity index (χ3v) is 5.31. The van der Waals surface area contributed by atoms with Gasteiger partial charge in [0.25, 0.3) is 0 Å². The summed E-state index contributed by atoms with van der Waals surface area (Å²) in [6, 6.07) is 0. The lowest BCUT2D eigenvalue weighted by Gasteiger charge is -2.44. The molecule has 2 fully saturated rings. The highest BCUT2D eigenvalue weighted by Gasteiger charge is 2.70. The van der Waals surface area contributed by atoms with Crippen LogP contribution in [-0.4, -0.2) is 51.3 Å². The average molecular weight is 356 g/mol. The van der Waals surface area contributed by atoms with Gasteiger partial charge in [0.2, 0.25) is 0 Å². The molecule has 25 heavy (non-hydrogen) atoms. The van der Waals surface area contributed by atoms with Crippen molar-refractivity contribution in [1.29, 1.82) is 0 Å². The van der Waals surface area contributed by atoms with Gasteiger partial charge in [-0.05, 0) is 38.5 Å². The zero-order chi connectivity index (χ0) is 18.8. The number of hydrogen-bond donors (Lipinski definition) is 0. The van der Waals surface area contributed by atoms with Gasteiger partial charge >= 0.3 is 23.9 Å². The van der Waals surface area contributed by atoms with Crippen LogP contribution in [-0.2, 0) is 38.1 Å². The van der Waals surface area contributed by atoms with Crippen LogP contribution in [0.4, 0.5) is 0 Å². The second-order valence-corrected chi connectivity index (χ2v) is 6.36. The fourth-order valence-electron chi connectivity index (χ4n) is 4.23. The third kappa shape index (κ3) is 2.98. The lowest BCUT2D eigenvalue weighted by atomic mass is 9.58. The molecule has 140 valence electrons. The molecule has 0 heterocycles. The Hall–Kier alpha value is -2.12. The van der Waals surface area contributed by atoms with E-state index in [1.165, 1.54) is 14.2 Å². The molecule has 0 amide bonds. The number of methoxy groups -OCH3 is 2. The number of rotatable bonds is 6. The van der Waals surface area contributed by atoms with E-state index in [-0.39, 0.29) is 37.9 Å². The van der Waals surface area contributed by atoms with Gasteiger partial charge in [-0.2, -0.15) is 0 Å². The van der Waals surface area contributed by atoms with E-state index in [0.29, 0.717) is 0 Å². The van der Waals surface area contributed by atoms with Gasteiger partial charge in [-0.1, -0.05) is 0 Å². The number of carbonyl (C=O) groups is 4. The second-order valence-electron chi connectivity index (χ2n) is 6.36. The Labute approximate surface area is 146 Å². The molecular formula is C17H24O8. The van der Waals surface area contributed by atoms with Crippen LogP contribution in [0.25, 0.3) is 0 Å². The molecule has 0 N–H and O–H groups in total. The Balaban J connectivity index is 2.35. The molecule has 0 aliphatic heterocycles. The first kappa shape index (κ1) is 19.2. The second kappa shape index (κ2) is 7.41. The van der Waals surface area contributed by atoms with Gasteiger partial charge in [0.15, 0.2) is 5.41 Å². The summed E-state index contributed by atoms with van der Waals surface area (Å²) in [6.45, 7) is 3.54. The quantitative estimate of drug-likeness (QED) is 0.389. The standard InChI is InChI=1S/C17H24O8/c1-5-24-15(20)17(16(21)25-6-2)7-9-10(8-17)12(14(19)23-4)11(9)13(18)22-3/h9-12H,5-8H2,1-4H3/t9-,10+,11+,12-. The lowest BCUT2D eigenvalue weighted by molar-refractivity contribution is -0.176. The maximum absolute atomic E-state index is 12.5. The van der Waals surface area contributed by atoms with E-state index in [1.54, 1.807) is 13.8 Å². The molecule has 0 aromatic heterocycles. The Morgan fingerprint density at radius 1 is 0.800 bits per heavy atom. The Morgan fingerprint density at radius 2 is 1.16 bits per heavy atom. The van der Waals surface area contributed by atoms with Crippen molar-refractivity contribution in [3.8, 4) is 0 Å². The zero-order valence-corrected chi connectivity index (χ0v) is 14.9. The number of ether oxygens (including phenoxy) is 4. The molecule has 2 aliphatic carbocycles. The minimum absolute atomic E-state index is 0.0998. The number of hydrogen-bond acceptors (Lipinski definition) is 8. The largest absolute Gasteiger partial charge is 0.469 e. The summed E-state index contributed by atoms with van der Waals surface area (Å²) >= 11 is 0. The van der Waals surface area contributed by atoms with Gasteiger partial charge in [0.05, 0.1) is 39.3 Å². The SMILES string of the molecule is CCOC(=O)C1(C(=O)OCC)C[C@@H]2[C@H](C1)[C@@H](C(=O)OC)[C@H]2C(=O)OC. The van der Waals surface area contributed by atoms with Crippen molar-refractivity contribution in [3.63, 3.8) is 0 Å². The molecular weight excluding hydrogens is 332 g/mol. The lowest BCUT2D eigenvalue weighted by Crippen LogP contribution is -2.52. The highest BCUT2D eigenvalue weighted by molar-refractivity contribution is 6.01. The van der Waals surface area contributed by atoms with E-state index in [1.807, 2.05) is 0 Å². The fraction of sp³-hybridized carbons (Fsp3) is 0.765. The zero-order valence-electron chi connectivity index (χ0n) is 14.9. The van der Waals surface area contributed by atoms with Gasteiger partial charge in [-0.3, -0.25) is 19.2 Å². The number of esters is 4. The van der Waals surface area contributed by atoms with Gasteiger partial charge < -0.3 is 18.9 Å². The molecule has 8 nitrogen and oxygen atoms in total. The van der Waals surface area contributed by atoms with Crippen molar-refractivity contribution >= 4 is 23.9 Å². The molecule has 0 radical (unpaired) electrons. The van der Waals surface area contributed by atoms with Crippen LogP contribution in [0.2, 0.25) is 0 Å². The molecule has 0 aromatic rings. The molecule has 4 atom stereocenters. The Bertz CT molecular complexity index is 519. The summed E-state index contributed by atoms with van der Waals surface area (Å²) in [4.78, 5) is 49.3. The van der Waals surface area contributed by atoms with Crippen molar-refractivity contribution in [2.75, 3.05) is 27.4 Å². The maximum Gasteiger partial charge on any atom is 0.323 e. The highest BCUT2D eigenvalue weighted by Crippen LogP contribution is 2.62. The fourth-order valence-corrected chi connectivity index (χ4v) is 4.23. The molecule has 0 saturated heterocycles. The van der Waals surface area contributed by atoms with E-state index in [2.05, 4.69) is 0 Å². The molecule has 0 bridgehead atoms. The minimum atomic E-state index is -1.49. The smallest absolute Gasteiger partial charge is 0.323 e. The number of fused-ring (bicyclic) bond motifs is 1. The van der Waals surface area contributed by atoms with E-state index >= 15 is 0 Å². The monoisotopic (exact) mass is 356 g/mol. The highest BCUT2D eigenvalue weighted by atomic mass is 16.6. The van der Waals surface area contributed by atoms with Gasteiger partial charge in [0.1, 0.15) is 0 Å². The van der Waals surface area contributed by atoms with E-state index < -0.39 is 41.1 Å². The van der Waals surface area contributed by atoms with Crippen LogP contribution in [0, 0.1) is 29.1 Å². The summed E-state index contributed by atoms with van der Waals surface area (Å²) < 4.78 is 19.8. The topological polar surface area (TPSA) is 105 Å². The summed E-state index contributed by atoms with van der Waals surface area (Å²) in [5.41, 5.74) is -1.49. The Morgan fingerprint density at radius 3 is 1.44 bits per heavy atom. The molecule has 8 heteroatoms. The molecule has 0 spiro atoms. The van der Waals surface area contributed by atoms with E-state index in [0.717, 1.165) is 0 Å².